The van der Waals surface area contributed by atoms with Gasteiger partial charge in [-0.3, -0.25) is 0 Å². The first-order chi connectivity index (χ1) is 11.1. The van der Waals surface area contributed by atoms with Gasteiger partial charge in [0.15, 0.2) is 9.84 Å². The molecule has 0 radical (unpaired) electrons. The van der Waals surface area contributed by atoms with Gasteiger partial charge in [-0.2, -0.15) is 0 Å². The molecule has 0 aliphatic heterocycles. The lowest BCUT2D eigenvalue weighted by molar-refractivity contribution is 0.607. The smallest absolute Gasteiger partial charge is 0.192 e. The fourth-order valence-corrected chi connectivity index (χ4v) is 3.43. The van der Waals surface area contributed by atoms with Crippen LogP contribution in [-0.4, -0.2) is 8.42 Å². The number of rotatable bonds is 16. The number of hydrogen-bond donors (Lipinski definition) is 0. The van der Waals surface area contributed by atoms with Crippen molar-refractivity contribution in [3.8, 4) is 0 Å². The summed E-state index contributed by atoms with van der Waals surface area (Å²) >= 11 is 0. The zero-order valence-corrected chi connectivity index (χ0v) is 16.3. The Balaban J connectivity index is 3.66. The minimum atomic E-state index is -3.15. The van der Waals surface area contributed by atoms with Crippen LogP contribution in [0.25, 0.3) is 0 Å². The summed E-state index contributed by atoms with van der Waals surface area (Å²) in [5, 5.41) is 2.74. The topological polar surface area (TPSA) is 34.1 Å². The van der Waals surface area contributed by atoms with Gasteiger partial charge in [-0.1, -0.05) is 90.2 Å². The van der Waals surface area contributed by atoms with Gasteiger partial charge in [-0.25, -0.2) is 8.42 Å². The number of sulfone groups is 1. The maximum Gasteiger partial charge on any atom is 0.192 e. The van der Waals surface area contributed by atoms with Crippen molar-refractivity contribution in [3.05, 3.63) is 23.0 Å². The first kappa shape index (κ1) is 22.4. The summed E-state index contributed by atoms with van der Waals surface area (Å²) in [4.78, 5) is 0. The molecule has 0 saturated carbocycles. The molecule has 0 aromatic rings. The number of unbranched alkanes of at least 4 members (excludes halogenated alkanes) is 12. The molecular formula is C20H38O2S. The van der Waals surface area contributed by atoms with Crippen molar-refractivity contribution in [1.82, 2.24) is 0 Å². The Morgan fingerprint density at radius 1 is 0.565 bits per heavy atom. The summed E-state index contributed by atoms with van der Waals surface area (Å²) in [5.74, 6) is 0. The highest BCUT2D eigenvalue weighted by molar-refractivity contribution is 7.97. The van der Waals surface area contributed by atoms with Crippen LogP contribution in [0.2, 0.25) is 0 Å². The van der Waals surface area contributed by atoms with Gasteiger partial charge in [0.2, 0.25) is 0 Å². The van der Waals surface area contributed by atoms with Crippen molar-refractivity contribution < 1.29 is 8.42 Å². The normalized spacial score (nSPS) is 12.6. The first-order valence-corrected chi connectivity index (χ1v) is 11.3. The maximum atomic E-state index is 11.8. The summed E-state index contributed by atoms with van der Waals surface area (Å²) in [6, 6.07) is 0. The molecule has 2 nitrogen and oxygen atoms in total. The highest BCUT2D eigenvalue weighted by Crippen LogP contribution is 2.09. The molecule has 23 heavy (non-hydrogen) atoms. The predicted octanol–water partition coefficient (Wildman–Crippen LogP) is 6.93. The maximum absolute atomic E-state index is 11.8. The summed E-state index contributed by atoms with van der Waals surface area (Å²) in [7, 11) is -3.15. The van der Waals surface area contributed by atoms with Gasteiger partial charge in [0.25, 0.3) is 0 Å². The first-order valence-electron chi connectivity index (χ1n) is 9.70. The third-order valence-corrected chi connectivity index (χ3v) is 5.16. The Morgan fingerprint density at radius 2 is 0.913 bits per heavy atom. The van der Waals surface area contributed by atoms with Crippen molar-refractivity contribution in [2.75, 3.05) is 0 Å². The molecule has 0 amide bonds. The molecule has 0 saturated heterocycles. The van der Waals surface area contributed by atoms with Crippen molar-refractivity contribution in [2.24, 2.45) is 0 Å². The molecule has 3 heteroatoms. The Kier molecular flexibility index (Phi) is 15.9. The van der Waals surface area contributed by atoms with E-state index in [1.807, 2.05) is 12.2 Å². The monoisotopic (exact) mass is 342 g/mol. The lowest BCUT2D eigenvalue weighted by Crippen LogP contribution is -1.88. The molecule has 0 aliphatic carbocycles. The minimum Gasteiger partial charge on any atom is -0.220 e. The van der Waals surface area contributed by atoms with E-state index in [4.69, 9.17) is 0 Å². The largest absolute Gasteiger partial charge is 0.220 e. The van der Waals surface area contributed by atoms with Crippen LogP contribution in [0, 0.1) is 0 Å². The van der Waals surface area contributed by atoms with E-state index in [-0.39, 0.29) is 0 Å². The predicted molar refractivity (Wildman–Crippen MR) is 103 cm³/mol. The number of hydrogen-bond acceptors (Lipinski definition) is 2. The Morgan fingerprint density at radius 3 is 1.30 bits per heavy atom. The van der Waals surface area contributed by atoms with Crippen molar-refractivity contribution in [3.63, 3.8) is 0 Å². The van der Waals surface area contributed by atoms with Gasteiger partial charge in [-0.05, 0) is 25.7 Å². The van der Waals surface area contributed by atoms with E-state index >= 15 is 0 Å². The molecule has 0 rings (SSSR count). The average Bonchev–Trinajstić information content (AvgIpc) is 2.52. The molecule has 0 aliphatic rings. The SMILES string of the molecule is CCCCCCCCC=CS(=O)(=O)C=CCCCCCCCC. The lowest BCUT2D eigenvalue weighted by atomic mass is 10.1. The van der Waals surface area contributed by atoms with Crippen molar-refractivity contribution in [2.45, 2.75) is 104 Å². The molecule has 0 fully saturated rings. The average molecular weight is 343 g/mol. The van der Waals surface area contributed by atoms with Crippen molar-refractivity contribution >= 4 is 9.84 Å². The van der Waals surface area contributed by atoms with Gasteiger partial charge in [0, 0.05) is 10.8 Å². The second-order valence-corrected chi connectivity index (χ2v) is 8.17. The van der Waals surface area contributed by atoms with Crippen LogP contribution in [-0.2, 0) is 9.84 Å². The van der Waals surface area contributed by atoms with Crippen LogP contribution in [0.3, 0.4) is 0 Å². The molecule has 136 valence electrons. The van der Waals surface area contributed by atoms with E-state index in [0.29, 0.717) is 0 Å². The summed E-state index contributed by atoms with van der Waals surface area (Å²) in [6.07, 6.45) is 20.3. The van der Waals surface area contributed by atoms with Crippen LogP contribution in [0.15, 0.2) is 23.0 Å². The number of allylic oxidation sites excluding steroid dienone is 2. The quantitative estimate of drug-likeness (QED) is 0.285. The summed E-state index contributed by atoms with van der Waals surface area (Å²) in [6.45, 7) is 4.43. The molecule has 0 unspecified atom stereocenters. The Hall–Kier alpha value is -0.570. The third kappa shape index (κ3) is 17.6. The van der Waals surface area contributed by atoms with E-state index in [1.165, 1.54) is 75.0 Å². The standard InChI is InChI=1S/C20H38O2S/c1-3-5-7-9-11-13-15-17-19-23(21,22)20-18-16-14-12-10-8-6-4-2/h17-20H,3-16H2,1-2H3. The van der Waals surface area contributed by atoms with Crippen LogP contribution >= 0.6 is 0 Å². The van der Waals surface area contributed by atoms with Gasteiger partial charge in [0.05, 0.1) is 0 Å². The summed E-state index contributed by atoms with van der Waals surface area (Å²) in [5.41, 5.74) is 0. The van der Waals surface area contributed by atoms with Gasteiger partial charge < -0.3 is 0 Å². The molecule has 0 aromatic carbocycles. The van der Waals surface area contributed by atoms with E-state index in [0.717, 1.165) is 25.7 Å². The minimum absolute atomic E-state index is 0.872. The summed E-state index contributed by atoms with van der Waals surface area (Å²) < 4.78 is 23.6. The highest BCUT2D eigenvalue weighted by Gasteiger charge is 1.98. The Labute approximate surface area is 145 Å². The zero-order valence-electron chi connectivity index (χ0n) is 15.4. The zero-order chi connectivity index (χ0) is 17.2. The van der Waals surface area contributed by atoms with Crippen molar-refractivity contribution in [1.29, 1.82) is 0 Å². The van der Waals surface area contributed by atoms with E-state index in [1.54, 1.807) is 0 Å². The van der Waals surface area contributed by atoms with Crippen LogP contribution in [0.1, 0.15) is 104 Å². The van der Waals surface area contributed by atoms with E-state index < -0.39 is 9.84 Å². The molecular weight excluding hydrogens is 304 g/mol. The van der Waals surface area contributed by atoms with E-state index in [9.17, 15) is 8.42 Å². The van der Waals surface area contributed by atoms with Gasteiger partial charge >= 0.3 is 0 Å². The van der Waals surface area contributed by atoms with E-state index in [2.05, 4.69) is 13.8 Å². The van der Waals surface area contributed by atoms with Gasteiger partial charge in [0.1, 0.15) is 0 Å². The second kappa shape index (κ2) is 16.3. The van der Waals surface area contributed by atoms with Gasteiger partial charge in [-0.15, -0.1) is 0 Å². The molecule has 0 heterocycles. The van der Waals surface area contributed by atoms with Crippen LogP contribution < -0.4 is 0 Å². The second-order valence-electron chi connectivity index (χ2n) is 6.45. The van der Waals surface area contributed by atoms with Crippen LogP contribution in [0.5, 0.6) is 0 Å². The fourth-order valence-electron chi connectivity index (χ4n) is 2.53. The Bertz CT molecular complexity index is 362. The highest BCUT2D eigenvalue weighted by atomic mass is 32.2. The molecule has 0 spiro atoms. The third-order valence-electron chi connectivity index (χ3n) is 4.02. The molecule has 0 N–H and O–H groups in total. The molecule has 0 bridgehead atoms. The lowest BCUT2D eigenvalue weighted by Gasteiger charge is -1.98. The molecule has 0 aromatic heterocycles. The fraction of sp³-hybridized carbons (Fsp3) is 0.800. The molecule has 0 atom stereocenters. The van der Waals surface area contributed by atoms with Crippen LogP contribution in [0.4, 0.5) is 0 Å².